The van der Waals surface area contributed by atoms with E-state index in [1.807, 2.05) is 0 Å². The van der Waals surface area contributed by atoms with Crippen LogP contribution in [0.5, 0.6) is 11.5 Å². The summed E-state index contributed by atoms with van der Waals surface area (Å²) in [7, 11) is -3.49. The molecule has 30 heavy (non-hydrogen) atoms. The van der Waals surface area contributed by atoms with E-state index < -0.39 is 27.3 Å². The topological polar surface area (TPSA) is 109 Å². The lowest BCUT2D eigenvalue weighted by Crippen LogP contribution is -2.17. The van der Waals surface area contributed by atoms with Gasteiger partial charge in [0.2, 0.25) is 0 Å². The van der Waals surface area contributed by atoms with Gasteiger partial charge in [-0.25, -0.2) is 8.42 Å². The number of pyridine rings is 1. The van der Waals surface area contributed by atoms with Crippen molar-refractivity contribution < 1.29 is 31.6 Å². The molecule has 2 rings (SSSR count). The first-order valence-electron chi connectivity index (χ1n) is 8.68. The van der Waals surface area contributed by atoms with Crippen molar-refractivity contribution in [1.29, 1.82) is 0 Å². The lowest BCUT2D eigenvalue weighted by Gasteiger charge is -2.19. The summed E-state index contributed by atoms with van der Waals surface area (Å²) < 4.78 is 59.4. The van der Waals surface area contributed by atoms with Crippen molar-refractivity contribution >= 4 is 31.5 Å². The van der Waals surface area contributed by atoms with Crippen LogP contribution in [0.2, 0.25) is 0 Å². The Balaban J connectivity index is 2.50. The molecule has 0 spiro atoms. The molecule has 0 saturated heterocycles. The van der Waals surface area contributed by atoms with E-state index in [0.29, 0.717) is 10.0 Å². The second-order valence-electron chi connectivity index (χ2n) is 6.39. The second kappa shape index (κ2) is 10.1. The van der Waals surface area contributed by atoms with E-state index in [1.165, 1.54) is 30.5 Å². The quantitative estimate of drug-likeness (QED) is 0.350. The number of halogens is 3. The molecule has 0 bridgehead atoms. The van der Waals surface area contributed by atoms with E-state index in [9.17, 15) is 27.3 Å². The molecule has 0 amide bonds. The predicted molar refractivity (Wildman–Crippen MR) is 109 cm³/mol. The maximum absolute atomic E-state index is 12.6. The van der Waals surface area contributed by atoms with Gasteiger partial charge in [-0.3, -0.25) is 15.1 Å². The molecular weight excluding hydrogens is 490 g/mol. The molecule has 1 aromatic carbocycles. The Kier molecular flexibility index (Phi) is 8.07. The van der Waals surface area contributed by atoms with E-state index >= 15 is 0 Å². The largest absolute Gasteiger partial charge is 0.490 e. The molecule has 8 nitrogen and oxygen atoms in total. The molecule has 0 radical (unpaired) electrons. The number of ether oxygens (including phenoxy) is 2. The first-order chi connectivity index (χ1) is 14.0. The lowest BCUT2D eigenvalue weighted by molar-refractivity contribution is -0.386. The number of rotatable bonds is 10. The molecule has 2 aromatic rings. The van der Waals surface area contributed by atoms with Crippen LogP contribution in [-0.4, -0.2) is 43.6 Å². The Morgan fingerprint density at radius 1 is 1.27 bits per heavy atom. The van der Waals surface area contributed by atoms with Crippen molar-refractivity contribution in [2.75, 3.05) is 18.6 Å². The first-order valence-corrected chi connectivity index (χ1v) is 11.5. The monoisotopic (exact) mass is 508 g/mol. The molecule has 0 fully saturated rings. The Morgan fingerprint density at radius 3 is 2.53 bits per heavy atom. The van der Waals surface area contributed by atoms with E-state index in [0.717, 1.165) is 6.26 Å². The van der Waals surface area contributed by atoms with Crippen molar-refractivity contribution in [3.8, 4) is 11.5 Å². The molecule has 1 unspecified atom stereocenters. The van der Waals surface area contributed by atoms with Gasteiger partial charge in [-0.1, -0.05) is 6.07 Å². The molecule has 0 saturated carbocycles. The van der Waals surface area contributed by atoms with Crippen LogP contribution in [0, 0.1) is 10.1 Å². The number of benzene rings is 1. The lowest BCUT2D eigenvalue weighted by atomic mass is 9.94. The van der Waals surface area contributed by atoms with Gasteiger partial charge in [-0.2, -0.15) is 8.78 Å². The molecule has 1 heterocycles. The number of nitrogens with zero attached hydrogens (tertiary/aromatic N) is 2. The number of hydrogen-bond donors (Lipinski definition) is 0. The molecular formula is C18H19BrF2N2O6S. The van der Waals surface area contributed by atoms with Gasteiger partial charge < -0.3 is 9.47 Å². The van der Waals surface area contributed by atoms with Gasteiger partial charge in [0.1, 0.15) is 15.5 Å². The van der Waals surface area contributed by atoms with E-state index in [1.54, 1.807) is 6.92 Å². The highest BCUT2D eigenvalue weighted by Crippen LogP contribution is 2.35. The second-order valence-corrected chi connectivity index (χ2v) is 9.49. The Labute approximate surface area is 180 Å². The summed E-state index contributed by atoms with van der Waals surface area (Å²) in [6.45, 7) is -1.24. The van der Waals surface area contributed by atoms with E-state index in [-0.39, 0.29) is 41.7 Å². The van der Waals surface area contributed by atoms with Gasteiger partial charge in [-0.15, -0.1) is 0 Å². The van der Waals surface area contributed by atoms with Crippen LogP contribution < -0.4 is 9.47 Å². The van der Waals surface area contributed by atoms with Crippen LogP contribution in [0.1, 0.15) is 24.1 Å². The van der Waals surface area contributed by atoms with Crippen LogP contribution in [-0.2, 0) is 16.3 Å². The molecule has 1 atom stereocenters. The molecule has 1 aromatic heterocycles. The van der Waals surface area contributed by atoms with Crippen LogP contribution in [0.15, 0.2) is 34.9 Å². The Bertz CT molecular complexity index is 1020. The van der Waals surface area contributed by atoms with E-state index in [4.69, 9.17) is 4.74 Å². The fourth-order valence-corrected chi connectivity index (χ4v) is 4.24. The van der Waals surface area contributed by atoms with Crippen LogP contribution in [0.3, 0.4) is 0 Å². The predicted octanol–water partition coefficient (Wildman–Crippen LogP) is 4.12. The maximum Gasteiger partial charge on any atom is 0.387 e. The summed E-state index contributed by atoms with van der Waals surface area (Å²) in [5.41, 5.74) is 0.276. The summed E-state index contributed by atoms with van der Waals surface area (Å²) in [6, 6.07) is 5.37. The van der Waals surface area contributed by atoms with Crippen LogP contribution in [0.25, 0.3) is 0 Å². The third-order valence-electron chi connectivity index (χ3n) is 4.01. The van der Waals surface area contributed by atoms with Crippen molar-refractivity contribution in [3.05, 3.63) is 56.3 Å². The summed E-state index contributed by atoms with van der Waals surface area (Å²) in [5, 5.41) is 11.4. The third-order valence-corrected chi connectivity index (χ3v) is 5.45. The van der Waals surface area contributed by atoms with Crippen molar-refractivity contribution in [1.82, 2.24) is 4.98 Å². The highest BCUT2D eigenvalue weighted by molar-refractivity contribution is 9.10. The normalized spacial score (nSPS) is 12.6. The van der Waals surface area contributed by atoms with Crippen LogP contribution in [0.4, 0.5) is 14.5 Å². The average molecular weight is 509 g/mol. The van der Waals surface area contributed by atoms with Crippen molar-refractivity contribution in [2.45, 2.75) is 25.9 Å². The highest BCUT2D eigenvalue weighted by atomic mass is 79.9. The molecule has 0 aliphatic rings. The van der Waals surface area contributed by atoms with Gasteiger partial charge in [0.25, 0.3) is 5.69 Å². The van der Waals surface area contributed by atoms with Gasteiger partial charge in [-0.05, 0) is 40.5 Å². The van der Waals surface area contributed by atoms with Crippen molar-refractivity contribution in [3.63, 3.8) is 0 Å². The minimum atomic E-state index is -3.49. The van der Waals surface area contributed by atoms with E-state index in [2.05, 4.69) is 25.7 Å². The Hall–Kier alpha value is -2.34. The zero-order valence-electron chi connectivity index (χ0n) is 16.0. The summed E-state index contributed by atoms with van der Waals surface area (Å²) in [4.78, 5) is 14.9. The van der Waals surface area contributed by atoms with Crippen molar-refractivity contribution in [2.24, 2.45) is 0 Å². The smallest absolute Gasteiger partial charge is 0.387 e. The van der Waals surface area contributed by atoms with Gasteiger partial charge in [0.15, 0.2) is 11.5 Å². The fraction of sp³-hybridized carbons (Fsp3) is 0.389. The molecule has 164 valence electrons. The van der Waals surface area contributed by atoms with Gasteiger partial charge in [0.05, 0.1) is 17.3 Å². The first kappa shape index (κ1) is 23.9. The number of sulfone groups is 1. The highest BCUT2D eigenvalue weighted by Gasteiger charge is 2.25. The van der Waals surface area contributed by atoms with Gasteiger partial charge in [0, 0.05) is 35.3 Å². The minimum absolute atomic E-state index is 0.0204. The molecule has 0 N–H and O–H groups in total. The zero-order chi connectivity index (χ0) is 22.5. The molecule has 0 aliphatic carbocycles. The number of hydrogen-bond acceptors (Lipinski definition) is 7. The summed E-state index contributed by atoms with van der Waals surface area (Å²) >= 11 is 3.12. The maximum atomic E-state index is 12.6. The van der Waals surface area contributed by atoms with Gasteiger partial charge >= 0.3 is 6.61 Å². The minimum Gasteiger partial charge on any atom is -0.490 e. The number of nitro groups is 1. The average Bonchev–Trinajstić information content (AvgIpc) is 2.62. The summed E-state index contributed by atoms with van der Waals surface area (Å²) in [5.74, 6) is -1.23. The molecule has 0 aliphatic heterocycles. The van der Waals surface area contributed by atoms with Crippen LogP contribution >= 0.6 is 15.9 Å². The summed E-state index contributed by atoms with van der Waals surface area (Å²) in [6.07, 6.45) is 2.36. The molecule has 12 heteroatoms. The SMILES string of the molecule is CCOc1cc(C(Cc2ncc(Br)cc2[N+](=O)[O-])CS(C)(=O)=O)ccc1OC(F)F. The number of aromatic nitrogens is 1. The number of alkyl halides is 2. The standard InChI is InChI=1S/C18H19BrF2N2O6S/c1-3-28-17-7-11(4-5-16(17)29-18(20)21)12(10-30(2,26)27)6-14-15(23(24)25)8-13(19)9-22-14/h4-5,7-9,12,18H,3,6,10H2,1-2H3. The fourth-order valence-electron chi connectivity index (χ4n) is 2.88. The zero-order valence-corrected chi connectivity index (χ0v) is 18.5. The third kappa shape index (κ3) is 6.87. The Morgan fingerprint density at radius 2 is 1.97 bits per heavy atom.